The molecule has 1 aromatic carbocycles. The summed E-state index contributed by atoms with van der Waals surface area (Å²) in [4.78, 5) is 11.1. The molecule has 1 aromatic rings. The Morgan fingerprint density at radius 3 is 2.71 bits per heavy atom. The lowest BCUT2D eigenvalue weighted by Gasteiger charge is -2.03. The molecule has 0 unspecified atom stereocenters. The van der Waals surface area contributed by atoms with Gasteiger partial charge in [-0.3, -0.25) is 4.79 Å². The molecule has 0 aliphatic heterocycles. The molecule has 0 saturated heterocycles. The van der Waals surface area contributed by atoms with Crippen molar-refractivity contribution in [3.05, 3.63) is 33.8 Å². The van der Waals surface area contributed by atoms with Gasteiger partial charge < -0.3 is 0 Å². The van der Waals surface area contributed by atoms with Crippen LogP contribution in [0.4, 0.5) is 4.39 Å². The van der Waals surface area contributed by atoms with Gasteiger partial charge in [0.1, 0.15) is 12.5 Å². The summed E-state index contributed by atoms with van der Waals surface area (Å²) in [5, 5.41) is 0.341. The van der Waals surface area contributed by atoms with E-state index >= 15 is 0 Å². The molecule has 0 amide bonds. The number of hydrogen-bond acceptors (Lipinski definition) is 1. The summed E-state index contributed by atoms with van der Waals surface area (Å²) in [6, 6.07) is 5.31. The van der Waals surface area contributed by atoms with E-state index in [0.29, 0.717) is 17.3 Å². The molecule has 1 rings (SSSR count). The maximum atomic E-state index is 12.5. The minimum Gasteiger partial charge on any atom is -0.298 e. The summed E-state index contributed by atoms with van der Waals surface area (Å²) < 4.78 is 13.2. The molecule has 0 spiro atoms. The summed E-state index contributed by atoms with van der Waals surface area (Å²) in [6.45, 7) is -0.517. The lowest BCUT2D eigenvalue weighted by atomic mass is 10.1. The molecule has 4 heteroatoms. The van der Waals surface area contributed by atoms with Crippen LogP contribution in [0.3, 0.4) is 0 Å². The second kappa shape index (κ2) is 5.61. The quantitative estimate of drug-likeness (QED) is 0.776. The van der Waals surface area contributed by atoms with Crippen molar-refractivity contribution in [3.63, 3.8) is 0 Å². The Bertz CT molecular complexity index is 339. The highest BCUT2D eigenvalue weighted by molar-refractivity contribution is 9.10. The van der Waals surface area contributed by atoms with Gasteiger partial charge in [0.15, 0.2) is 0 Å². The Labute approximate surface area is 99.0 Å². The van der Waals surface area contributed by atoms with Crippen molar-refractivity contribution in [2.45, 2.75) is 13.1 Å². The average Bonchev–Trinajstić information content (AvgIpc) is 2.20. The molecule has 0 atom stereocenters. The third kappa shape index (κ3) is 3.17. The molecule has 0 aromatic heterocycles. The maximum Gasteiger partial charge on any atom is 0.147 e. The summed E-state index contributed by atoms with van der Waals surface area (Å²) in [5.74, 6) is 0.0946. The van der Waals surface area contributed by atoms with E-state index in [2.05, 4.69) is 31.9 Å². The van der Waals surface area contributed by atoms with Crippen LogP contribution >= 0.6 is 31.9 Å². The lowest BCUT2D eigenvalue weighted by Crippen LogP contribution is -2.03. The van der Waals surface area contributed by atoms with Gasteiger partial charge in [-0.2, -0.15) is 0 Å². The largest absolute Gasteiger partial charge is 0.298 e. The topological polar surface area (TPSA) is 17.1 Å². The number of rotatable bonds is 4. The monoisotopic (exact) mass is 322 g/mol. The molecule has 0 aliphatic rings. The van der Waals surface area contributed by atoms with Crippen molar-refractivity contribution in [3.8, 4) is 0 Å². The molecule has 0 N–H and O–H groups in total. The first kappa shape index (κ1) is 11.9. The van der Waals surface area contributed by atoms with Crippen LogP contribution in [0.5, 0.6) is 0 Å². The molecule has 76 valence electrons. The molecule has 0 aliphatic carbocycles. The third-order valence-electron chi connectivity index (χ3n) is 1.80. The average molecular weight is 324 g/mol. The van der Waals surface area contributed by atoms with E-state index in [-0.39, 0.29) is 5.78 Å². The molecule has 0 bridgehead atoms. The predicted octanol–water partition coefficient (Wildman–Crippen LogP) is 3.43. The van der Waals surface area contributed by atoms with Crippen LogP contribution < -0.4 is 0 Å². The number of alkyl halides is 2. The highest BCUT2D eigenvalue weighted by Gasteiger charge is 2.05. The van der Waals surface area contributed by atoms with Crippen molar-refractivity contribution in [1.82, 2.24) is 0 Å². The number of ketones is 1. The zero-order chi connectivity index (χ0) is 10.6. The molecular weight excluding hydrogens is 315 g/mol. The van der Waals surface area contributed by atoms with Crippen LogP contribution in [-0.4, -0.2) is 11.1 Å². The second-order valence-electron chi connectivity index (χ2n) is 2.91. The Morgan fingerprint density at radius 1 is 1.43 bits per heavy atom. The van der Waals surface area contributed by atoms with Crippen molar-refractivity contribution < 1.29 is 9.18 Å². The van der Waals surface area contributed by atoms with Gasteiger partial charge >= 0.3 is 0 Å². The summed E-state index contributed by atoms with van der Waals surface area (Å²) in [5.41, 5.74) is 1.44. The predicted molar refractivity (Wildman–Crippen MR) is 61.5 cm³/mol. The molecular formula is C10H9Br2FO. The normalized spacial score (nSPS) is 10.2. The number of carbonyl (C=O) groups excluding carboxylic acids is 1. The van der Waals surface area contributed by atoms with E-state index < -0.39 is 6.67 Å². The van der Waals surface area contributed by atoms with Crippen LogP contribution in [0.1, 0.15) is 11.1 Å². The summed E-state index contributed by atoms with van der Waals surface area (Å²) >= 11 is 6.33. The fourth-order valence-corrected chi connectivity index (χ4v) is 1.67. The molecule has 0 saturated carbocycles. The lowest BCUT2D eigenvalue weighted by molar-refractivity contribution is -0.115. The van der Waals surface area contributed by atoms with Crippen LogP contribution in [0.25, 0.3) is 0 Å². The first-order valence-electron chi connectivity index (χ1n) is 4.08. The van der Waals surface area contributed by atoms with Crippen LogP contribution in [0, 0.1) is 0 Å². The minimum atomic E-state index is -0.517. The highest BCUT2D eigenvalue weighted by Crippen LogP contribution is 2.19. The van der Waals surface area contributed by atoms with Gasteiger partial charge in [-0.05, 0) is 17.2 Å². The molecule has 0 heterocycles. The smallest absolute Gasteiger partial charge is 0.147 e. The second-order valence-corrected chi connectivity index (χ2v) is 4.32. The SMILES string of the molecule is O=C(CBr)Cc1ccc(Br)c(CF)c1. The van der Waals surface area contributed by atoms with Crippen LogP contribution in [0.15, 0.2) is 22.7 Å². The van der Waals surface area contributed by atoms with Gasteiger partial charge in [-0.25, -0.2) is 4.39 Å². The Hall–Kier alpha value is -0.220. The van der Waals surface area contributed by atoms with Crippen molar-refractivity contribution >= 4 is 37.6 Å². The van der Waals surface area contributed by atoms with Crippen molar-refractivity contribution in [2.24, 2.45) is 0 Å². The fourth-order valence-electron chi connectivity index (χ4n) is 1.12. The number of halogens is 3. The Morgan fingerprint density at radius 2 is 2.14 bits per heavy atom. The summed E-state index contributed by atoms with van der Waals surface area (Å²) in [6.07, 6.45) is 0.353. The van der Waals surface area contributed by atoms with E-state index in [4.69, 9.17) is 0 Å². The van der Waals surface area contributed by atoms with E-state index in [9.17, 15) is 9.18 Å². The fraction of sp³-hybridized carbons (Fsp3) is 0.300. The third-order valence-corrected chi connectivity index (χ3v) is 3.20. The number of hydrogen-bond donors (Lipinski definition) is 0. The molecule has 0 fully saturated rings. The number of carbonyl (C=O) groups is 1. The van der Waals surface area contributed by atoms with E-state index in [1.54, 1.807) is 12.1 Å². The van der Waals surface area contributed by atoms with E-state index in [0.717, 1.165) is 10.0 Å². The summed E-state index contributed by atoms with van der Waals surface area (Å²) in [7, 11) is 0. The van der Waals surface area contributed by atoms with Crippen LogP contribution in [-0.2, 0) is 17.9 Å². The Kier molecular flexibility index (Phi) is 4.75. The molecule has 14 heavy (non-hydrogen) atoms. The van der Waals surface area contributed by atoms with Gasteiger partial charge in [0.25, 0.3) is 0 Å². The van der Waals surface area contributed by atoms with Crippen molar-refractivity contribution in [2.75, 3.05) is 5.33 Å². The van der Waals surface area contributed by atoms with Crippen LogP contribution in [0.2, 0.25) is 0 Å². The molecule has 0 radical (unpaired) electrons. The zero-order valence-corrected chi connectivity index (χ0v) is 10.6. The number of Topliss-reactive ketones (excluding diaryl/α,β-unsaturated/α-hetero) is 1. The highest BCUT2D eigenvalue weighted by atomic mass is 79.9. The number of benzene rings is 1. The van der Waals surface area contributed by atoms with Gasteiger partial charge in [-0.1, -0.05) is 44.0 Å². The van der Waals surface area contributed by atoms with Gasteiger partial charge in [0, 0.05) is 10.9 Å². The Balaban J connectivity index is 2.84. The molecule has 1 nitrogen and oxygen atoms in total. The first-order valence-corrected chi connectivity index (χ1v) is 5.99. The maximum absolute atomic E-state index is 12.5. The van der Waals surface area contributed by atoms with Crippen molar-refractivity contribution in [1.29, 1.82) is 0 Å². The van der Waals surface area contributed by atoms with Gasteiger partial charge in [0.2, 0.25) is 0 Å². The zero-order valence-electron chi connectivity index (χ0n) is 7.40. The van der Waals surface area contributed by atoms with Gasteiger partial charge in [-0.15, -0.1) is 0 Å². The van der Waals surface area contributed by atoms with Gasteiger partial charge in [0.05, 0.1) is 5.33 Å². The first-order chi connectivity index (χ1) is 6.67. The van der Waals surface area contributed by atoms with E-state index in [1.165, 1.54) is 0 Å². The minimum absolute atomic E-state index is 0.0946. The van der Waals surface area contributed by atoms with E-state index in [1.807, 2.05) is 6.07 Å². The standard InChI is InChI=1S/C10H9Br2FO/c11-5-9(14)4-7-1-2-10(12)8(3-7)6-13/h1-3H,4-6H2.